The molecule has 3 aromatic rings. The van der Waals surface area contributed by atoms with Crippen LogP contribution in [0.1, 0.15) is 49.3 Å². The van der Waals surface area contributed by atoms with Crippen molar-refractivity contribution in [1.29, 1.82) is 0 Å². The first-order valence-corrected chi connectivity index (χ1v) is 9.58. The van der Waals surface area contributed by atoms with Gasteiger partial charge in [-0.2, -0.15) is 5.10 Å². The molecule has 0 radical (unpaired) electrons. The molecular weight excluding hydrogens is 342 g/mol. The smallest absolute Gasteiger partial charge is 0.233 e. The molecule has 4 heterocycles. The summed E-state index contributed by atoms with van der Waals surface area (Å²) in [6, 6.07) is 3.86. The van der Waals surface area contributed by atoms with Gasteiger partial charge < -0.3 is 10.6 Å². The number of imidazole rings is 1. The number of aryl methyl sites for hydroxylation is 2. The molecule has 0 aromatic carbocycles. The third kappa shape index (κ3) is 4.00. The van der Waals surface area contributed by atoms with Crippen molar-refractivity contribution in [3.8, 4) is 0 Å². The minimum Gasteiger partial charge on any atom is -0.348 e. The Morgan fingerprint density at radius 1 is 1.44 bits per heavy atom. The number of amides is 1. The van der Waals surface area contributed by atoms with E-state index in [2.05, 4.69) is 36.4 Å². The minimum absolute atomic E-state index is 0.0215. The molecular formula is C19H25N7O. The summed E-state index contributed by atoms with van der Waals surface area (Å²) in [5, 5.41) is 11.1. The van der Waals surface area contributed by atoms with E-state index in [1.165, 1.54) is 5.69 Å². The van der Waals surface area contributed by atoms with Crippen molar-refractivity contribution < 1.29 is 4.79 Å². The van der Waals surface area contributed by atoms with E-state index in [4.69, 9.17) is 0 Å². The molecule has 27 heavy (non-hydrogen) atoms. The van der Waals surface area contributed by atoms with Crippen molar-refractivity contribution in [3.05, 3.63) is 47.8 Å². The van der Waals surface area contributed by atoms with E-state index in [1.807, 2.05) is 29.8 Å². The molecule has 8 nitrogen and oxygen atoms in total. The fourth-order valence-corrected chi connectivity index (χ4v) is 3.45. The molecule has 0 saturated heterocycles. The van der Waals surface area contributed by atoms with E-state index >= 15 is 0 Å². The summed E-state index contributed by atoms with van der Waals surface area (Å²) in [6.45, 7) is 4.85. The predicted octanol–water partition coefficient (Wildman–Crippen LogP) is 1.62. The quantitative estimate of drug-likeness (QED) is 0.691. The van der Waals surface area contributed by atoms with Gasteiger partial charge in [0.05, 0.1) is 23.1 Å². The number of rotatable bonds is 6. The summed E-state index contributed by atoms with van der Waals surface area (Å²) in [7, 11) is 0. The molecule has 1 aliphatic heterocycles. The van der Waals surface area contributed by atoms with Crippen LogP contribution in [0.5, 0.6) is 0 Å². The normalized spacial score (nSPS) is 15.3. The van der Waals surface area contributed by atoms with E-state index in [-0.39, 0.29) is 11.9 Å². The Morgan fingerprint density at radius 2 is 2.37 bits per heavy atom. The lowest BCUT2D eigenvalue weighted by atomic mass is 10.1. The molecule has 0 spiro atoms. The van der Waals surface area contributed by atoms with Gasteiger partial charge in [0, 0.05) is 44.5 Å². The van der Waals surface area contributed by atoms with E-state index in [0.717, 1.165) is 43.9 Å². The number of fused-ring (bicyclic) bond motifs is 2. The molecule has 1 unspecified atom stereocenters. The minimum atomic E-state index is -0.109. The highest BCUT2D eigenvalue weighted by Crippen LogP contribution is 2.16. The fraction of sp³-hybridized carbons (Fsp3) is 0.474. The van der Waals surface area contributed by atoms with Crippen molar-refractivity contribution in [1.82, 2.24) is 34.8 Å². The van der Waals surface area contributed by atoms with Crippen LogP contribution in [-0.4, -0.2) is 36.6 Å². The molecule has 0 bridgehead atoms. The van der Waals surface area contributed by atoms with Crippen molar-refractivity contribution in [2.45, 2.75) is 51.7 Å². The molecule has 0 aliphatic carbocycles. The molecule has 1 amide bonds. The maximum Gasteiger partial charge on any atom is 0.233 e. The second-order valence-electron chi connectivity index (χ2n) is 6.90. The number of hydrogen-bond donors (Lipinski definition) is 2. The molecule has 4 rings (SSSR count). The van der Waals surface area contributed by atoms with Crippen molar-refractivity contribution >= 4 is 11.7 Å². The standard InChI is InChI=1S/C19H25N7O/c1-2-16(17-13-25-9-4-8-21-19(25)23-17)22-18(27)6-5-14-11-15-12-20-7-3-10-26(15)24-14/h4,8-9,11,13,16,20H,2-3,5-7,10,12H2,1H3,(H,22,27). The lowest BCUT2D eigenvalue weighted by molar-refractivity contribution is -0.121. The largest absolute Gasteiger partial charge is 0.348 e. The average Bonchev–Trinajstić information content (AvgIpc) is 3.22. The van der Waals surface area contributed by atoms with Crippen LogP contribution in [0.2, 0.25) is 0 Å². The number of hydrogen-bond acceptors (Lipinski definition) is 5. The zero-order chi connectivity index (χ0) is 18.6. The van der Waals surface area contributed by atoms with Crippen molar-refractivity contribution in [2.75, 3.05) is 6.54 Å². The molecule has 1 aliphatic rings. The Kier molecular flexibility index (Phi) is 5.15. The first-order chi connectivity index (χ1) is 13.2. The first-order valence-electron chi connectivity index (χ1n) is 9.58. The predicted molar refractivity (Wildman–Crippen MR) is 101 cm³/mol. The summed E-state index contributed by atoms with van der Waals surface area (Å²) in [5.41, 5.74) is 3.02. The Labute approximate surface area is 158 Å². The van der Waals surface area contributed by atoms with Gasteiger partial charge in [-0.15, -0.1) is 0 Å². The number of nitrogens with zero attached hydrogens (tertiary/aromatic N) is 5. The van der Waals surface area contributed by atoms with Gasteiger partial charge in [0.15, 0.2) is 0 Å². The second-order valence-corrected chi connectivity index (χ2v) is 6.90. The van der Waals surface area contributed by atoms with Gasteiger partial charge >= 0.3 is 0 Å². The summed E-state index contributed by atoms with van der Waals surface area (Å²) < 4.78 is 3.93. The Morgan fingerprint density at radius 3 is 3.22 bits per heavy atom. The molecule has 2 N–H and O–H groups in total. The average molecular weight is 367 g/mol. The van der Waals surface area contributed by atoms with Crippen LogP contribution in [0.15, 0.2) is 30.7 Å². The Balaban J connectivity index is 1.36. The van der Waals surface area contributed by atoms with Gasteiger partial charge in [0.2, 0.25) is 11.7 Å². The number of nitrogens with one attached hydrogen (secondary N) is 2. The number of carbonyl (C=O) groups excluding carboxylic acids is 1. The van der Waals surface area contributed by atoms with Gasteiger partial charge in [0.1, 0.15) is 0 Å². The molecule has 3 aromatic heterocycles. The SMILES string of the molecule is CCC(NC(=O)CCc1cc2n(n1)CCCNC2)c1cn2cccnc2n1. The van der Waals surface area contributed by atoms with Gasteiger partial charge in [0.25, 0.3) is 0 Å². The number of carbonyl (C=O) groups is 1. The Hall–Kier alpha value is -2.74. The maximum atomic E-state index is 12.5. The molecule has 8 heteroatoms. The summed E-state index contributed by atoms with van der Waals surface area (Å²) >= 11 is 0. The fourth-order valence-electron chi connectivity index (χ4n) is 3.45. The summed E-state index contributed by atoms with van der Waals surface area (Å²) in [6.07, 6.45) is 8.48. The van der Waals surface area contributed by atoms with Crippen molar-refractivity contribution in [2.24, 2.45) is 0 Å². The van der Waals surface area contributed by atoms with Crippen molar-refractivity contribution in [3.63, 3.8) is 0 Å². The van der Waals surface area contributed by atoms with Gasteiger partial charge in [-0.3, -0.25) is 13.9 Å². The highest BCUT2D eigenvalue weighted by Gasteiger charge is 2.17. The first kappa shape index (κ1) is 17.7. The van der Waals surface area contributed by atoms with Crippen LogP contribution < -0.4 is 10.6 Å². The zero-order valence-electron chi connectivity index (χ0n) is 15.6. The maximum absolute atomic E-state index is 12.5. The third-order valence-corrected chi connectivity index (χ3v) is 4.91. The zero-order valence-corrected chi connectivity index (χ0v) is 15.6. The van der Waals surface area contributed by atoms with Gasteiger partial charge in [-0.25, -0.2) is 9.97 Å². The van der Waals surface area contributed by atoms with E-state index in [9.17, 15) is 4.79 Å². The van der Waals surface area contributed by atoms with Crippen LogP contribution in [0.3, 0.4) is 0 Å². The lowest BCUT2D eigenvalue weighted by Crippen LogP contribution is -2.28. The third-order valence-electron chi connectivity index (χ3n) is 4.91. The molecule has 0 fully saturated rings. The van der Waals surface area contributed by atoms with E-state index < -0.39 is 0 Å². The molecule has 142 valence electrons. The Bertz CT molecular complexity index is 873. The summed E-state index contributed by atoms with van der Waals surface area (Å²) in [5.74, 6) is 0.668. The van der Waals surface area contributed by atoms with Crippen LogP contribution >= 0.6 is 0 Å². The molecule has 1 atom stereocenters. The second kappa shape index (κ2) is 7.87. The highest BCUT2D eigenvalue weighted by atomic mass is 16.1. The highest BCUT2D eigenvalue weighted by molar-refractivity contribution is 5.76. The van der Waals surface area contributed by atoms with Crippen LogP contribution in [0.25, 0.3) is 5.78 Å². The van der Waals surface area contributed by atoms with E-state index in [0.29, 0.717) is 18.6 Å². The van der Waals surface area contributed by atoms with Gasteiger partial charge in [-0.05, 0) is 31.5 Å². The summed E-state index contributed by atoms with van der Waals surface area (Å²) in [4.78, 5) is 21.2. The molecule has 0 saturated carbocycles. The van der Waals surface area contributed by atoms with E-state index in [1.54, 1.807) is 6.20 Å². The van der Waals surface area contributed by atoms with Gasteiger partial charge in [-0.1, -0.05) is 6.92 Å². The van der Waals surface area contributed by atoms with Crippen LogP contribution in [0, 0.1) is 0 Å². The van der Waals surface area contributed by atoms with Crippen LogP contribution in [-0.2, 0) is 24.3 Å². The number of aromatic nitrogens is 5. The monoisotopic (exact) mass is 367 g/mol. The van der Waals surface area contributed by atoms with Crippen LogP contribution in [0.4, 0.5) is 0 Å². The topological polar surface area (TPSA) is 89.1 Å². The lowest BCUT2D eigenvalue weighted by Gasteiger charge is -2.14.